The zero-order valence-electron chi connectivity index (χ0n) is 23.3. The van der Waals surface area contributed by atoms with Crippen LogP contribution in [0.4, 0.5) is 17.6 Å². The molecule has 3 heterocycles. The van der Waals surface area contributed by atoms with Crippen molar-refractivity contribution >= 4 is 29.1 Å². The Labute approximate surface area is 236 Å². The fourth-order valence-electron chi connectivity index (χ4n) is 4.29. The van der Waals surface area contributed by atoms with Crippen molar-refractivity contribution in [1.29, 1.82) is 0 Å². The first kappa shape index (κ1) is 31.2. The lowest BCUT2D eigenvalue weighted by Crippen LogP contribution is -2.28. The second-order valence-electron chi connectivity index (χ2n) is 10.9. The molecule has 0 N–H and O–H groups in total. The minimum absolute atomic E-state index is 0.00359. The Kier molecular flexibility index (Phi) is 9.31. The Morgan fingerprint density at radius 3 is 2.56 bits per heavy atom. The van der Waals surface area contributed by atoms with E-state index in [0.29, 0.717) is 31.6 Å². The quantitative estimate of drug-likeness (QED) is 0.0606. The van der Waals surface area contributed by atoms with Gasteiger partial charge in [-0.2, -0.15) is 26.7 Å². The molecule has 1 aliphatic heterocycles. The van der Waals surface area contributed by atoms with E-state index >= 15 is 4.39 Å². The second kappa shape index (κ2) is 12.2. The molecule has 15 heteroatoms. The van der Waals surface area contributed by atoms with Crippen molar-refractivity contribution in [3.63, 3.8) is 0 Å². The lowest BCUT2D eigenvalue weighted by molar-refractivity contribution is -0.0501. The Balaban J connectivity index is 1.74. The molecule has 0 spiro atoms. The Bertz CT molecular complexity index is 1490. The van der Waals surface area contributed by atoms with Gasteiger partial charge in [-0.15, -0.1) is 0 Å². The zero-order valence-corrected chi connectivity index (χ0v) is 25.1. The van der Waals surface area contributed by atoms with Gasteiger partial charge in [0.15, 0.2) is 24.6 Å². The van der Waals surface area contributed by atoms with Crippen LogP contribution in [0.3, 0.4) is 0 Å². The molecule has 226 valence electrons. The van der Waals surface area contributed by atoms with E-state index in [4.69, 9.17) is 14.2 Å². The summed E-state index contributed by atoms with van der Waals surface area (Å²) in [6.07, 6.45) is 3.30. The summed E-state index contributed by atoms with van der Waals surface area (Å²) in [4.78, 5) is 4.09. The highest BCUT2D eigenvalue weighted by atomic mass is 32.2. The van der Waals surface area contributed by atoms with Crippen LogP contribution in [0, 0.1) is 5.82 Å². The van der Waals surface area contributed by atoms with Gasteiger partial charge in [-0.05, 0) is 55.5 Å². The fourth-order valence-corrected chi connectivity index (χ4v) is 5.48. The summed E-state index contributed by atoms with van der Waals surface area (Å²) in [7, 11) is -7.35. The van der Waals surface area contributed by atoms with Crippen LogP contribution in [0.15, 0.2) is 24.4 Å². The number of rotatable bonds is 11. The molecule has 1 fully saturated rings. The minimum Gasteiger partial charge on any atom is -0.464 e. The Morgan fingerprint density at radius 2 is 1.93 bits per heavy atom. The standard InChI is InChI=1S/C26H33F4N3O6SSi/c1-5-17-12-23(38-16-36-10-11-41(2,3)4)20(27)13-18(17)21-14-22-19(15-31-33(22)24-8-6-7-9-37-24)25(32-21)39-40(34,35)26(28,29)30/h12-15,24H,5-11,16H2,1-4H3. The molecule has 0 radical (unpaired) electrons. The van der Waals surface area contributed by atoms with E-state index in [-0.39, 0.29) is 34.7 Å². The van der Waals surface area contributed by atoms with E-state index in [1.54, 1.807) is 6.92 Å². The molecule has 41 heavy (non-hydrogen) atoms. The topological polar surface area (TPSA) is 102 Å². The summed E-state index contributed by atoms with van der Waals surface area (Å²) in [6, 6.07) is 5.03. The van der Waals surface area contributed by atoms with Crippen molar-refractivity contribution in [2.24, 2.45) is 0 Å². The third-order valence-corrected chi connectivity index (χ3v) is 9.22. The molecule has 2 aromatic heterocycles. The van der Waals surface area contributed by atoms with Crippen LogP contribution < -0.4 is 8.92 Å². The van der Waals surface area contributed by atoms with Crippen molar-refractivity contribution in [3.05, 3.63) is 35.8 Å². The maximum Gasteiger partial charge on any atom is 0.534 e. The number of hydrogen-bond acceptors (Lipinski definition) is 8. The highest BCUT2D eigenvalue weighted by Gasteiger charge is 2.49. The molecule has 4 rings (SSSR count). The predicted octanol–water partition coefficient (Wildman–Crippen LogP) is 6.42. The normalized spacial score (nSPS) is 16.7. The number of benzene rings is 1. The first-order valence-electron chi connectivity index (χ1n) is 13.2. The molecule has 1 saturated heterocycles. The van der Waals surface area contributed by atoms with E-state index in [1.165, 1.54) is 23.0 Å². The number of nitrogens with zero attached hydrogens (tertiary/aromatic N) is 3. The highest BCUT2D eigenvalue weighted by molar-refractivity contribution is 7.88. The van der Waals surface area contributed by atoms with Crippen LogP contribution in [-0.4, -0.2) is 56.8 Å². The molecule has 0 saturated carbocycles. The van der Waals surface area contributed by atoms with E-state index in [0.717, 1.165) is 25.0 Å². The molecule has 3 aromatic rings. The van der Waals surface area contributed by atoms with Gasteiger partial charge in [0.1, 0.15) is 0 Å². The van der Waals surface area contributed by atoms with Crippen LogP contribution >= 0.6 is 0 Å². The van der Waals surface area contributed by atoms with Gasteiger partial charge in [-0.25, -0.2) is 14.1 Å². The first-order valence-corrected chi connectivity index (χ1v) is 18.4. The van der Waals surface area contributed by atoms with Gasteiger partial charge in [-0.1, -0.05) is 26.6 Å². The molecule has 0 aliphatic carbocycles. The van der Waals surface area contributed by atoms with Gasteiger partial charge in [0.2, 0.25) is 5.88 Å². The lowest BCUT2D eigenvalue weighted by Gasteiger charge is -2.23. The molecular formula is C26H33F4N3O6SSi. The van der Waals surface area contributed by atoms with Gasteiger partial charge in [0, 0.05) is 26.9 Å². The summed E-state index contributed by atoms with van der Waals surface area (Å²) in [5, 5.41) is 4.17. The van der Waals surface area contributed by atoms with Crippen LogP contribution in [0.1, 0.15) is 38.0 Å². The highest BCUT2D eigenvalue weighted by Crippen LogP contribution is 2.37. The maximum atomic E-state index is 15.2. The lowest BCUT2D eigenvalue weighted by atomic mass is 10.0. The summed E-state index contributed by atoms with van der Waals surface area (Å²) >= 11 is 0. The fraction of sp³-hybridized carbons (Fsp3) is 0.538. The Hall–Kier alpha value is -2.75. The van der Waals surface area contributed by atoms with Crippen LogP contribution in [0.25, 0.3) is 22.2 Å². The number of halogens is 4. The van der Waals surface area contributed by atoms with Crippen molar-refractivity contribution in [2.75, 3.05) is 20.0 Å². The number of pyridine rings is 1. The second-order valence-corrected chi connectivity index (χ2v) is 18.1. The number of fused-ring (bicyclic) bond motifs is 1. The molecule has 1 aliphatic rings. The SMILES string of the molecule is CCc1cc(OCOCC[Si](C)(C)C)c(F)cc1-c1cc2c(cnn2C2CCCCO2)c(OS(=O)(=O)C(F)(F)F)n1. The molecule has 1 aromatic carbocycles. The van der Waals surface area contributed by atoms with E-state index < -0.39 is 41.6 Å². The van der Waals surface area contributed by atoms with Crippen LogP contribution in [0.5, 0.6) is 11.6 Å². The summed E-state index contributed by atoms with van der Waals surface area (Å²) < 4.78 is 101. The molecule has 1 unspecified atom stereocenters. The predicted molar refractivity (Wildman–Crippen MR) is 146 cm³/mol. The van der Waals surface area contributed by atoms with Crippen LogP contribution in [0.2, 0.25) is 25.7 Å². The van der Waals surface area contributed by atoms with Gasteiger partial charge in [0.25, 0.3) is 0 Å². The molecule has 0 bridgehead atoms. The molecule has 0 amide bonds. The minimum atomic E-state index is -6.05. The van der Waals surface area contributed by atoms with Crippen molar-refractivity contribution in [3.8, 4) is 22.9 Å². The van der Waals surface area contributed by atoms with Crippen molar-refractivity contribution < 1.29 is 44.4 Å². The number of aromatic nitrogens is 3. The Morgan fingerprint density at radius 1 is 1.17 bits per heavy atom. The molecule has 1 atom stereocenters. The van der Waals surface area contributed by atoms with Gasteiger partial charge >= 0.3 is 15.6 Å². The molecule has 9 nitrogen and oxygen atoms in total. The van der Waals surface area contributed by atoms with E-state index in [1.807, 2.05) is 0 Å². The van der Waals surface area contributed by atoms with Gasteiger partial charge in [0.05, 0.1) is 22.8 Å². The third-order valence-electron chi connectivity index (χ3n) is 6.57. The van der Waals surface area contributed by atoms with Crippen molar-refractivity contribution in [1.82, 2.24) is 14.8 Å². The van der Waals surface area contributed by atoms with Gasteiger partial charge < -0.3 is 18.4 Å². The van der Waals surface area contributed by atoms with Gasteiger partial charge in [-0.3, -0.25) is 0 Å². The third kappa shape index (κ3) is 7.37. The van der Waals surface area contributed by atoms with Crippen LogP contribution in [-0.2, 0) is 26.0 Å². The summed E-state index contributed by atoms with van der Waals surface area (Å²) in [6.45, 7) is 9.22. The summed E-state index contributed by atoms with van der Waals surface area (Å²) in [5.41, 5.74) is -4.68. The monoisotopic (exact) mass is 619 g/mol. The maximum absolute atomic E-state index is 15.2. The average molecular weight is 620 g/mol. The first-order chi connectivity index (χ1) is 19.2. The average Bonchev–Trinajstić information content (AvgIpc) is 3.32. The number of ether oxygens (including phenoxy) is 3. The largest absolute Gasteiger partial charge is 0.534 e. The zero-order chi connectivity index (χ0) is 30.0. The smallest absolute Gasteiger partial charge is 0.464 e. The van der Waals surface area contributed by atoms with E-state index in [2.05, 4.69) is 33.9 Å². The number of aryl methyl sites for hydroxylation is 1. The summed E-state index contributed by atoms with van der Waals surface area (Å²) in [5.74, 6) is -1.63. The van der Waals surface area contributed by atoms with E-state index in [9.17, 15) is 21.6 Å². The molecular weight excluding hydrogens is 586 g/mol. The number of hydrogen-bond donors (Lipinski definition) is 0. The van der Waals surface area contributed by atoms with Crippen molar-refractivity contribution in [2.45, 2.75) is 70.0 Å². The number of alkyl halides is 3.